The van der Waals surface area contributed by atoms with Crippen LogP contribution in [0.25, 0.3) is 5.57 Å². The summed E-state index contributed by atoms with van der Waals surface area (Å²) in [5.74, 6) is 0.437. The molecule has 1 aliphatic rings. The minimum Gasteiger partial charge on any atom is -0.327 e. The van der Waals surface area contributed by atoms with Crippen LogP contribution in [0.15, 0.2) is 30.3 Å². The van der Waals surface area contributed by atoms with E-state index in [0.29, 0.717) is 12.5 Å². The van der Waals surface area contributed by atoms with Crippen molar-refractivity contribution in [3.63, 3.8) is 0 Å². The Morgan fingerprint density at radius 1 is 1.50 bits per heavy atom. The van der Waals surface area contributed by atoms with E-state index in [1.165, 1.54) is 24.5 Å². The van der Waals surface area contributed by atoms with Gasteiger partial charge in [0.1, 0.15) is 5.82 Å². The lowest BCUT2D eigenvalue weighted by atomic mass is 10.0. The van der Waals surface area contributed by atoms with Crippen LogP contribution >= 0.6 is 0 Å². The van der Waals surface area contributed by atoms with E-state index in [1.807, 2.05) is 12.1 Å². The molecular weight excluding hydrogens is 177 g/mol. The van der Waals surface area contributed by atoms with E-state index in [4.69, 9.17) is 5.73 Å². The van der Waals surface area contributed by atoms with Crippen molar-refractivity contribution in [3.8, 4) is 0 Å². The third-order valence-electron chi connectivity index (χ3n) is 2.51. The van der Waals surface area contributed by atoms with Crippen LogP contribution in [0.2, 0.25) is 0 Å². The van der Waals surface area contributed by atoms with Crippen molar-refractivity contribution in [1.82, 2.24) is 0 Å². The van der Waals surface area contributed by atoms with E-state index >= 15 is 0 Å². The monoisotopic (exact) mass is 191 g/mol. The van der Waals surface area contributed by atoms with Gasteiger partial charge in [-0.15, -0.1) is 0 Å². The normalized spacial score (nSPS) is 17.1. The van der Waals surface area contributed by atoms with Crippen molar-refractivity contribution >= 4 is 5.57 Å². The molecule has 1 fully saturated rings. The Labute approximate surface area is 83.4 Å². The summed E-state index contributed by atoms with van der Waals surface area (Å²) >= 11 is 0. The van der Waals surface area contributed by atoms with E-state index in [2.05, 4.69) is 0 Å². The second-order valence-electron chi connectivity index (χ2n) is 3.68. The maximum Gasteiger partial charge on any atom is 0.123 e. The van der Waals surface area contributed by atoms with Crippen molar-refractivity contribution in [1.29, 1.82) is 0 Å². The largest absolute Gasteiger partial charge is 0.327 e. The van der Waals surface area contributed by atoms with Crippen LogP contribution < -0.4 is 5.73 Å². The fourth-order valence-electron chi connectivity index (χ4n) is 1.71. The van der Waals surface area contributed by atoms with Crippen molar-refractivity contribution < 1.29 is 4.39 Å². The fourth-order valence-corrected chi connectivity index (χ4v) is 1.71. The summed E-state index contributed by atoms with van der Waals surface area (Å²) in [7, 11) is 0. The second kappa shape index (κ2) is 3.93. The molecule has 1 aromatic rings. The van der Waals surface area contributed by atoms with Gasteiger partial charge in [-0.05, 0) is 42.0 Å². The molecule has 0 aromatic heterocycles. The van der Waals surface area contributed by atoms with Crippen molar-refractivity contribution in [2.24, 2.45) is 11.7 Å². The molecule has 0 atom stereocenters. The number of nitrogens with two attached hydrogens (primary N) is 1. The molecule has 2 rings (SSSR count). The van der Waals surface area contributed by atoms with Crippen LogP contribution in [-0.4, -0.2) is 6.54 Å². The molecule has 0 unspecified atom stereocenters. The Kier molecular flexibility index (Phi) is 2.64. The van der Waals surface area contributed by atoms with Gasteiger partial charge in [-0.2, -0.15) is 0 Å². The number of hydrogen-bond acceptors (Lipinski definition) is 1. The average Bonchev–Trinajstić information content (AvgIpc) is 2.97. The van der Waals surface area contributed by atoms with Crippen molar-refractivity contribution in [3.05, 3.63) is 41.7 Å². The molecule has 0 radical (unpaired) electrons. The Morgan fingerprint density at radius 3 is 2.86 bits per heavy atom. The molecule has 1 aromatic carbocycles. The highest BCUT2D eigenvalue weighted by Crippen LogP contribution is 2.41. The smallest absolute Gasteiger partial charge is 0.123 e. The third kappa shape index (κ3) is 2.02. The lowest BCUT2D eigenvalue weighted by molar-refractivity contribution is 0.627. The maximum atomic E-state index is 13.0. The minimum atomic E-state index is -0.175. The fraction of sp³-hybridized carbons (Fsp3) is 0.333. The Bertz CT molecular complexity index is 353. The van der Waals surface area contributed by atoms with Gasteiger partial charge >= 0.3 is 0 Å². The molecule has 0 saturated heterocycles. The quantitative estimate of drug-likeness (QED) is 0.780. The molecule has 0 heterocycles. The highest BCUT2D eigenvalue weighted by atomic mass is 19.1. The molecule has 0 amide bonds. The van der Waals surface area contributed by atoms with Crippen molar-refractivity contribution in [2.75, 3.05) is 6.54 Å². The first-order valence-corrected chi connectivity index (χ1v) is 4.97. The Morgan fingerprint density at radius 2 is 2.29 bits per heavy atom. The average molecular weight is 191 g/mol. The van der Waals surface area contributed by atoms with Gasteiger partial charge in [-0.25, -0.2) is 4.39 Å². The zero-order chi connectivity index (χ0) is 9.97. The van der Waals surface area contributed by atoms with Gasteiger partial charge in [0.2, 0.25) is 0 Å². The predicted octanol–water partition coefficient (Wildman–Crippen LogP) is 2.58. The number of benzene rings is 1. The first kappa shape index (κ1) is 9.41. The Balaban J connectivity index is 2.30. The second-order valence-corrected chi connectivity index (χ2v) is 3.68. The zero-order valence-electron chi connectivity index (χ0n) is 8.04. The van der Waals surface area contributed by atoms with E-state index in [-0.39, 0.29) is 5.82 Å². The molecule has 1 nitrogen and oxygen atoms in total. The summed E-state index contributed by atoms with van der Waals surface area (Å²) < 4.78 is 13.0. The predicted molar refractivity (Wildman–Crippen MR) is 56.2 cm³/mol. The summed E-state index contributed by atoms with van der Waals surface area (Å²) in [6.45, 7) is 0.530. The summed E-state index contributed by atoms with van der Waals surface area (Å²) in [4.78, 5) is 0. The summed E-state index contributed by atoms with van der Waals surface area (Å²) in [5.41, 5.74) is 7.70. The Hall–Kier alpha value is -1.15. The summed E-state index contributed by atoms with van der Waals surface area (Å²) in [6, 6.07) is 6.75. The van der Waals surface area contributed by atoms with Gasteiger partial charge in [0, 0.05) is 6.54 Å². The van der Waals surface area contributed by atoms with Gasteiger partial charge in [-0.1, -0.05) is 18.2 Å². The SMILES string of the molecule is NC/C=C(\c1cccc(F)c1)C1CC1. The van der Waals surface area contributed by atoms with E-state index in [0.717, 1.165) is 5.56 Å². The van der Waals surface area contributed by atoms with Crippen molar-refractivity contribution in [2.45, 2.75) is 12.8 Å². The zero-order valence-corrected chi connectivity index (χ0v) is 8.04. The number of hydrogen-bond donors (Lipinski definition) is 1. The molecule has 2 heteroatoms. The maximum absolute atomic E-state index is 13.0. The van der Waals surface area contributed by atoms with Crippen LogP contribution in [0.5, 0.6) is 0 Å². The molecular formula is C12H14FN. The number of rotatable bonds is 3. The topological polar surface area (TPSA) is 26.0 Å². The van der Waals surface area contributed by atoms with Crippen LogP contribution in [0, 0.1) is 11.7 Å². The lowest BCUT2D eigenvalue weighted by Gasteiger charge is -2.05. The van der Waals surface area contributed by atoms with E-state index < -0.39 is 0 Å². The lowest BCUT2D eigenvalue weighted by Crippen LogP contribution is -1.97. The molecule has 14 heavy (non-hydrogen) atoms. The molecule has 2 N–H and O–H groups in total. The molecule has 1 aliphatic carbocycles. The van der Waals surface area contributed by atoms with Gasteiger partial charge < -0.3 is 5.73 Å². The molecule has 0 spiro atoms. The van der Waals surface area contributed by atoms with Gasteiger partial charge in [0.25, 0.3) is 0 Å². The van der Waals surface area contributed by atoms with Crippen LogP contribution in [-0.2, 0) is 0 Å². The minimum absolute atomic E-state index is 0.175. The highest BCUT2D eigenvalue weighted by molar-refractivity contribution is 5.69. The summed E-state index contributed by atoms with van der Waals surface area (Å²) in [5, 5.41) is 0. The number of halogens is 1. The highest BCUT2D eigenvalue weighted by Gasteiger charge is 2.26. The standard InChI is InChI=1S/C12H14FN/c13-11-3-1-2-10(8-11)12(6-7-14)9-4-5-9/h1-3,6,8-9H,4-5,7,14H2/b12-6-. The third-order valence-corrected chi connectivity index (χ3v) is 2.51. The molecule has 0 bridgehead atoms. The van der Waals surface area contributed by atoms with Gasteiger partial charge in [-0.3, -0.25) is 0 Å². The van der Waals surface area contributed by atoms with E-state index in [1.54, 1.807) is 12.1 Å². The summed E-state index contributed by atoms with van der Waals surface area (Å²) in [6.07, 6.45) is 4.43. The van der Waals surface area contributed by atoms with Gasteiger partial charge in [0.05, 0.1) is 0 Å². The van der Waals surface area contributed by atoms with Crippen LogP contribution in [0.1, 0.15) is 18.4 Å². The first-order valence-electron chi connectivity index (χ1n) is 4.97. The first-order chi connectivity index (χ1) is 6.81. The van der Waals surface area contributed by atoms with E-state index in [9.17, 15) is 4.39 Å². The molecule has 1 saturated carbocycles. The molecule has 74 valence electrons. The van der Waals surface area contributed by atoms with Crippen LogP contribution in [0.4, 0.5) is 4.39 Å². The van der Waals surface area contributed by atoms with Gasteiger partial charge in [0.15, 0.2) is 0 Å². The number of allylic oxidation sites excluding steroid dienone is 1. The van der Waals surface area contributed by atoms with Crippen LogP contribution in [0.3, 0.4) is 0 Å². The molecule has 0 aliphatic heterocycles.